The van der Waals surface area contributed by atoms with E-state index in [4.69, 9.17) is 10.5 Å². The topological polar surface area (TPSA) is 38.5 Å². The van der Waals surface area contributed by atoms with Gasteiger partial charge in [-0.15, -0.1) is 0 Å². The van der Waals surface area contributed by atoms with Crippen LogP contribution in [-0.2, 0) is 0 Å². The first kappa shape index (κ1) is 16.3. The fourth-order valence-corrected chi connectivity index (χ4v) is 3.33. The molecule has 21 heavy (non-hydrogen) atoms. The van der Waals surface area contributed by atoms with Crippen molar-refractivity contribution in [1.29, 1.82) is 0 Å². The summed E-state index contributed by atoms with van der Waals surface area (Å²) >= 11 is 0. The number of likely N-dealkylation sites (N-methyl/N-ethyl adjacent to an activating group) is 1. The molecule has 0 aromatic heterocycles. The summed E-state index contributed by atoms with van der Waals surface area (Å²) in [6.45, 7) is 3.59. The van der Waals surface area contributed by atoms with Crippen LogP contribution in [0.2, 0.25) is 0 Å². The number of hydrogen-bond donors (Lipinski definition) is 1. The molecule has 3 nitrogen and oxygen atoms in total. The van der Waals surface area contributed by atoms with Gasteiger partial charge in [0.25, 0.3) is 0 Å². The second-order valence-corrected chi connectivity index (χ2v) is 6.16. The number of nitrogens with zero attached hydrogens (tertiary/aromatic N) is 1. The van der Waals surface area contributed by atoms with Gasteiger partial charge in [-0.25, -0.2) is 0 Å². The molecule has 0 saturated heterocycles. The van der Waals surface area contributed by atoms with Gasteiger partial charge in [0.05, 0.1) is 6.61 Å². The average Bonchev–Trinajstić information content (AvgIpc) is 2.77. The lowest BCUT2D eigenvalue weighted by molar-refractivity contribution is 0.207. The maximum absolute atomic E-state index is 6.45. The molecule has 0 radical (unpaired) electrons. The number of hydrogen-bond acceptors (Lipinski definition) is 3. The molecule has 118 valence electrons. The maximum atomic E-state index is 6.45. The molecule has 0 heterocycles. The molecule has 0 amide bonds. The summed E-state index contributed by atoms with van der Waals surface area (Å²) in [5.41, 5.74) is 7.58. The average molecular weight is 290 g/mol. The van der Waals surface area contributed by atoms with Crippen LogP contribution in [0.4, 0.5) is 0 Å². The van der Waals surface area contributed by atoms with Crippen molar-refractivity contribution >= 4 is 0 Å². The Kier molecular flexibility index (Phi) is 6.52. The lowest BCUT2D eigenvalue weighted by Gasteiger charge is -2.30. The van der Waals surface area contributed by atoms with Crippen LogP contribution in [0, 0.1) is 0 Å². The molecule has 1 aromatic rings. The third kappa shape index (κ3) is 4.72. The summed E-state index contributed by atoms with van der Waals surface area (Å²) in [6.07, 6.45) is 8.14. The SMILES string of the molecule is CCOc1ccccc1C(N)CN(C)C1CCCCCC1. The van der Waals surface area contributed by atoms with Gasteiger partial charge in [-0.05, 0) is 32.9 Å². The minimum atomic E-state index is 0.0148. The van der Waals surface area contributed by atoms with Crippen molar-refractivity contribution in [3.8, 4) is 5.75 Å². The second kappa shape index (κ2) is 8.40. The largest absolute Gasteiger partial charge is 0.494 e. The second-order valence-electron chi connectivity index (χ2n) is 6.16. The summed E-state index contributed by atoms with van der Waals surface area (Å²) in [5, 5.41) is 0. The molecule has 2 N–H and O–H groups in total. The van der Waals surface area contributed by atoms with E-state index in [2.05, 4.69) is 18.0 Å². The first-order chi connectivity index (χ1) is 10.2. The third-order valence-electron chi connectivity index (χ3n) is 4.55. The molecular formula is C18H30N2O. The predicted octanol–water partition coefficient (Wildman–Crippen LogP) is 3.74. The van der Waals surface area contributed by atoms with Crippen molar-refractivity contribution in [2.45, 2.75) is 57.5 Å². The number of rotatable bonds is 6. The molecule has 1 atom stereocenters. The van der Waals surface area contributed by atoms with Gasteiger partial charge in [0.1, 0.15) is 5.75 Å². The fourth-order valence-electron chi connectivity index (χ4n) is 3.33. The van der Waals surface area contributed by atoms with Gasteiger partial charge < -0.3 is 15.4 Å². The molecule has 2 rings (SSSR count). The summed E-state index contributed by atoms with van der Waals surface area (Å²) in [7, 11) is 2.22. The van der Waals surface area contributed by atoms with Crippen LogP contribution in [0.25, 0.3) is 0 Å². The maximum Gasteiger partial charge on any atom is 0.124 e. The van der Waals surface area contributed by atoms with Crippen LogP contribution in [0.15, 0.2) is 24.3 Å². The van der Waals surface area contributed by atoms with Crippen LogP contribution in [0.5, 0.6) is 5.75 Å². The van der Waals surface area contributed by atoms with Crippen molar-refractivity contribution in [2.24, 2.45) is 5.73 Å². The quantitative estimate of drug-likeness (QED) is 0.811. The van der Waals surface area contributed by atoms with Gasteiger partial charge in [0, 0.05) is 24.2 Å². The zero-order valence-electron chi connectivity index (χ0n) is 13.6. The summed E-state index contributed by atoms with van der Waals surface area (Å²) in [6, 6.07) is 8.87. The minimum absolute atomic E-state index is 0.0148. The Morgan fingerprint density at radius 3 is 2.52 bits per heavy atom. The zero-order chi connectivity index (χ0) is 15.1. The Balaban J connectivity index is 1.98. The molecule has 1 saturated carbocycles. The first-order valence-corrected chi connectivity index (χ1v) is 8.40. The summed E-state index contributed by atoms with van der Waals surface area (Å²) < 4.78 is 5.71. The third-order valence-corrected chi connectivity index (χ3v) is 4.55. The van der Waals surface area contributed by atoms with E-state index in [0.29, 0.717) is 12.6 Å². The molecule has 0 spiro atoms. The van der Waals surface area contributed by atoms with Gasteiger partial charge in [0.15, 0.2) is 0 Å². The van der Waals surface area contributed by atoms with Gasteiger partial charge in [-0.1, -0.05) is 43.9 Å². The predicted molar refractivity (Wildman–Crippen MR) is 88.7 cm³/mol. The molecular weight excluding hydrogens is 260 g/mol. The lowest BCUT2D eigenvalue weighted by atomic mass is 10.0. The van der Waals surface area contributed by atoms with Crippen LogP contribution in [-0.4, -0.2) is 31.1 Å². The highest BCUT2D eigenvalue weighted by molar-refractivity contribution is 5.35. The molecule has 1 aliphatic rings. The lowest BCUT2D eigenvalue weighted by Crippen LogP contribution is -2.37. The molecule has 3 heteroatoms. The first-order valence-electron chi connectivity index (χ1n) is 8.40. The highest BCUT2D eigenvalue weighted by atomic mass is 16.5. The number of para-hydroxylation sites is 1. The Hall–Kier alpha value is -1.06. The van der Waals surface area contributed by atoms with Gasteiger partial charge in [0.2, 0.25) is 0 Å². The number of benzene rings is 1. The van der Waals surface area contributed by atoms with Crippen LogP contribution in [0.1, 0.15) is 57.1 Å². The standard InChI is InChI=1S/C18H30N2O/c1-3-21-18-13-9-8-12-16(18)17(19)14-20(2)15-10-6-4-5-7-11-15/h8-9,12-13,15,17H,3-7,10-11,14,19H2,1-2H3. The summed E-state index contributed by atoms with van der Waals surface area (Å²) in [4.78, 5) is 2.46. The van der Waals surface area contributed by atoms with Gasteiger partial charge >= 0.3 is 0 Å². The van der Waals surface area contributed by atoms with E-state index in [-0.39, 0.29) is 6.04 Å². The van der Waals surface area contributed by atoms with Gasteiger partial charge in [-0.3, -0.25) is 0 Å². The fraction of sp³-hybridized carbons (Fsp3) is 0.667. The monoisotopic (exact) mass is 290 g/mol. The molecule has 1 unspecified atom stereocenters. The molecule has 1 aliphatic carbocycles. The Bertz CT molecular complexity index is 413. The highest BCUT2D eigenvalue weighted by Gasteiger charge is 2.20. The van der Waals surface area contributed by atoms with E-state index in [1.165, 1.54) is 38.5 Å². The Morgan fingerprint density at radius 2 is 1.86 bits per heavy atom. The van der Waals surface area contributed by atoms with E-state index >= 15 is 0 Å². The molecule has 0 bridgehead atoms. The van der Waals surface area contributed by atoms with E-state index in [1.54, 1.807) is 0 Å². The van der Waals surface area contributed by atoms with Crippen LogP contribution >= 0.6 is 0 Å². The molecule has 1 aromatic carbocycles. The number of ether oxygens (including phenoxy) is 1. The smallest absolute Gasteiger partial charge is 0.124 e. The van der Waals surface area contributed by atoms with Crippen molar-refractivity contribution in [3.63, 3.8) is 0 Å². The van der Waals surface area contributed by atoms with E-state index in [1.807, 2.05) is 25.1 Å². The van der Waals surface area contributed by atoms with Crippen molar-refractivity contribution in [2.75, 3.05) is 20.2 Å². The molecule has 1 fully saturated rings. The highest BCUT2D eigenvalue weighted by Crippen LogP contribution is 2.26. The molecule has 0 aliphatic heterocycles. The van der Waals surface area contributed by atoms with E-state index in [0.717, 1.165) is 17.9 Å². The number of nitrogens with two attached hydrogens (primary N) is 1. The van der Waals surface area contributed by atoms with Gasteiger partial charge in [-0.2, -0.15) is 0 Å². The van der Waals surface area contributed by atoms with Crippen molar-refractivity contribution in [3.05, 3.63) is 29.8 Å². The van der Waals surface area contributed by atoms with Crippen molar-refractivity contribution in [1.82, 2.24) is 4.90 Å². The van der Waals surface area contributed by atoms with Crippen LogP contribution < -0.4 is 10.5 Å². The normalized spacial score (nSPS) is 18.5. The summed E-state index contributed by atoms with van der Waals surface area (Å²) in [5.74, 6) is 0.932. The van der Waals surface area contributed by atoms with Crippen molar-refractivity contribution < 1.29 is 4.74 Å². The Labute approximate surface area is 129 Å². The van der Waals surface area contributed by atoms with Crippen LogP contribution in [0.3, 0.4) is 0 Å². The Morgan fingerprint density at radius 1 is 1.19 bits per heavy atom. The van der Waals surface area contributed by atoms with E-state index < -0.39 is 0 Å². The van der Waals surface area contributed by atoms with E-state index in [9.17, 15) is 0 Å². The zero-order valence-corrected chi connectivity index (χ0v) is 13.6. The minimum Gasteiger partial charge on any atom is -0.494 e.